The van der Waals surface area contributed by atoms with E-state index < -0.39 is 0 Å². The molecule has 0 unspecified atom stereocenters. The Hall–Kier alpha value is -3.47. The van der Waals surface area contributed by atoms with E-state index in [9.17, 15) is 4.79 Å². The third-order valence-electron chi connectivity index (χ3n) is 5.73. The highest BCUT2D eigenvalue weighted by molar-refractivity contribution is 8.00. The number of carbonyl (C=O) groups excluding carboxylic acids is 1. The third kappa shape index (κ3) is 5.61. The van der Waals surface area contributed by atoms with E-state index >= 15 is 0 Å². The monoisotopic (exact) mass is 534 g/mol. The average molecular weight is 535 g/mol. The molecule has 3 aromatic carbocycles. The molecule has 0 atom stereocenters. The molecule has 37 heavy (non-hydrogen) atoms. The Balaban J connectivity index is 1.33. The summed E-state index contributed by atoms with van der Waals surface area (Å²) < 4.78 is 18.4. The van der Waals surface area contributed by atoms with Crippen LogP contribution in [0.5, 0.6) is 11.5 Å². The van der Waals surface area contributed by atoms with Crippen molar-refractivity contribution in [3.8, 4) is 11.5 Å². The van der Waals surface area contributed by atoms with Crippen LogP contribution >= 0.6 is 23.5 Å². The number of methoxy groups -OCH3 is 2. The summed E-state index contributed by atoms with van der Waals surface area (Å²) in [5.74, 6) is 2.22. The largest absolute Gasteiger partial charge is 0.497 e. The maximum Gasteiger partial charge on any atom is 0.242 e. The molecular formula is C27H26N4O4S2. The van der Waals surface area contributed by atoms with Crippen LogP contribution in [0.2, 0.25) is 0 Å². The van der Waals surface area contributed by atoms with Crippen LogP contribution in [0.4, 0.5) is 11.4 Å². The van der Waals surface area contributed by atoms with Gasteiger partial charge in [0.25, 0.3) is 0 Å². The summed E-state index contributed by atoms with van der Waals surface area (Å²) in [6.45, 7) is 1.25. The van der Waals surface area contributed by atoms with Gasteiger partial charge < -0.3 is 18.8 Å². The number of carbonyl (C=O) groups is 1. The second kappa shape index (κ2) is 11.7. The highest BCUT2D eigenvalue weighted by Crippen LogP contribution is 2.48. The van der Waals surface area contributed by atoms with E-state index in [-0.39, 0.29) is 18.3 Å². The summed E-state index contributed by atoms with van der Waals surface area (Å²) in [7, 11) is 3.27. The van der Waals surface area contributed by atoms with Gasteiger partial charge in [-0.3, -0.25) is 9.69 Å². The van der Waals surface area contributed by atoms with Gasteiger partial charge in [-0.1, -0.05) is 53.9 Å². The van der Waals surface area contributed by atoms with Crippen LogP contribution in [0.1, 0.15) is 5.82 Å². The standard InChI is InChI=1S/C27H26N4O4S2/c1-33-15-14-30-25(17-35-20-9-7-8-19(16-20)34-2)28-29-27(30)36-18-26(32)31-21-10-3-5-12-23(21)37-24-13-6-4-11-22(24)31/h3-13,16H,14-15,17-18H2,1-2H3. The predicted molar refractivity (Wildman–Crippen MR) is 144 cm³/mol. The zero-order valence-electron chi connectivity index (χ0n) is 20.5. The van der Waals surface area contributed by atoms with Crippen molar-refractivity contribution in [2.45, 2.75) is 28.1 Å². The quantitative estimate of drug-likeness (QED) is 0.249. The lowest BCUT2D eigenvalue weighted by atomic mass is 10.2. The second-order valence-corrected chi connectivity index (χ2v) is 10.1. The summed E-state index contributed by atoms with van der Waals surface area (Å²) in [5.41, 5.74) is 1.79. The van der Waals surface area contributed by atoms with Crippen LogP contribution < -0.4 is 14.4 Å². The number of para-hydroxylation sites is 2. The van der Waals surface area contributed by atoms with Crippen LogP contribution in [-0.2, 0) is 22.7 Å². The first-order valence-electron chi connectivity index (χ1n) is 11.7. The lowest BCUT2D eigenvalue weighted by molar-refractivity contribution is -0.115. The van der Waals surface area contributed by atoms with Gasteiger partial charge in [-0.25, -0.2) is 0 Å². The van der Waals surface area contributed by atoms with Gasteiger partial charge >= 0.3 is 0 Å². The lowest BCUT2D eigenvalue weighted by Crippen LogP contribution is -2.30. The SMILES string of the molecule is COCCn1c(COc2cccc(OC)c2)nnc1SCC(=O)N1c2ccccc2Sc2ccccc21. The first-order valence-corrected chi connectivity index (χ1v) is 13.5. The number of hydrogen-bond donors (Lipinski definition) is 0. The molecule has 1 aliphatic rings. The molecule has 0 N–H and O–H groups in total. The van der Waals surface area contributed by atoms with Crippen molar-refractivity contribution < 1.29 is 19.0 Å². The van der Waals surface area contributed by atoms with E-state index in [0.29, 0.717) is 35.6 Å². The van der Waals surface area contributed by atoms with Gasteiger partial charge in [0.1, 0.15) is 18.1 Å². The first kappa shape index (κ1) is 25.2. The van der Waals surface area contributed by atoms with Crippen LogP contribution in [-0.4, -0.2) is 47.3 Å². The van der Waals surface area contributed by atoms with Crippen molar-refractivity contribution in [3.05, 3.63) is 78.6 Å². The number of amides is 1. The molecule has 5 rings (SSSR count). The Kier molecular flexibility index (Phi) is 7.98. The van der Waals surface area contributed by atoms with Crippen molar-refractivity contribution in [2.75, 3.05) is 31.5 Å². The van der Waals surface area contributed by atoms with E-state index in [0.717, 1.165) is 21.2 Å². The number of fused-ring (bicyclic) bond motifs is 2. The molecule has 0 saturated carbocycles. The van der Waals surface area contributed by atoms with Crippen molar-refractivity contribution in [2.24, 2.45) is 0 Å². The molecule has 0 aliphatic carbocycles. The Morgan fingerprint density at radius 3 is 2.32 bits per heavy atom. The van der Waals surface area contributed by atoms with Gasteiger partial charge in [-0.15, -0.1) is 10.2 Å². The molecular weight excluding hydrogens is 508 g/mol. The summed E-state index contributed by atoms with van der Waals surface area (Å²) in [6.07, 6.45) is 0. The van der Waals surface area contributed by atoms with Crippen LogP contribution in [0.3, 0.4) is 0 Å². The molecule has 10 heteroatoms. The number of nitrogens with zero attached hydrogens (tertiary/aromatic N) is 4. The minimum atomic E-state index is -0.0272. The molecule has 4 aromatic rings. The summed E-state index contributed by atoms with van der Waals surface area (Å²) >= 11 is 3.03. The molecule has 0 spiro atoms. The maximum absolute atomic E-state index is 13.6. The fourth-order valence-corrected chi connectivity index (χ4v) is 5.83. The average Bonchev–Trinajstić information content (AvgIpc) is 3.33. The number of anilines is 2. The van der Waals surface area contributed by atoms with E-state index in [2.05, 4.69) is 10.2 Å². The van der Waals surface area contributed by atoms with E-state index in [4.69, 9.17) is 14.2 Å². The number of aromatic nitrogens is 3. The number of rotatable bonds is 10. The second-order valence-electron chi connectivity index (χ2n) is 8.07. The maximum atomic E-state index is 13.6. The topological polar surface area (TPSA) is 78.7 Å². The lowest BCUT2D eigenvalue weighted by Gasteiger charge is -2.30. The molecule has 190 valence electrons. The van der Waals surface area contributed by atoms with E-state index in [1.54, 1.807) is 30.9 Å². The zero-order valence-corrected chi connectivity index (χ0v) is 22.1. The number of benzene rings is 3. The normalized spacial score (nSPS) is 12.1. The highest BCUT2D eigenvalue weighted by Gasteiger charge is 2.28. The Morgan fingerprint density at radius 2 is 1.62 bits per heavy atom. The summed E-state index contributed by atoms with van der Waals surface area (Å²) in [5, 5.41) is 9.34. The third-order valence-corrected chi connectivity index (χ3v) is 7.81. The summed E-state index contributed by atoms with van der Waals surface area (Å²) in [4.78, 5) is 17.5. The fraction of sp³-hybridized carbons (Fsp3) is 0.222. The molecule has 0 saturated heterocycles. The van der Waals surface area contributed by atoms with Gasteiger partial charge in [-0.2, -0.15) is 0 Å². The Morgan fingerprint density at radius 1 is 0.919 bits per heavy atom. The smallest absolute Gasteiger partial charge is 0.242 e. The Bertz CT molecular complexity index is 1350. The van der Waals surface area contributed by atoms with Crippen molar-refractivity contribution in [1.29, 1.82) is 0 Å². The predicted octanol–water partition coefficient (Wildman–Crippen LogP) is 5.43. The van der Waals surface area contributed by atoms with Crippen molar-refractivity contribution >= 4 is 40.8 Å². The molecule has 0 radical (unpaired) electrons. The molecule has 2 heterocycles. The van der Waals surface area contributed by atoms with Gasteiger partial charge in [0.05, 0.1) is 30.8 Å². The van der Waals surface area contributed by atoms with Crippen molar-refractivity contribution in [3.63, 3.8) is 0 Å². The highest BCUT2D eigenvalue weighted by atomic mass is 32.2. The molecule has 1 aromatic heterocycles. The number of thioether (sulfide) groups is 1. The van der Waals surface area contributed by atoms with Crippen LogP contribution in [0.25, 0.3) is 0 Å². The number of ether oxygens (including phenoxy) is 3. The Labute approximate surface area is 223 Å². The van der Waals surface area contributed by atoms with Crippen LogP contribution in [0.15, 0.2) is 87.7 Å². The molecule has 8 nitrogen and oxygen atoms in total. The molecule has 1 aliphatic heterocycles. The van der Waals surface area contributed by atoms with Crippen LogP contribution in [0, 0.1) is 0 Å². The molecule has 0 bridgehead atoms. The molecule has 1 amide bonds. The zero-order chi connectivity index (χ0) is 25.6. The summed E-state index contributed by atoms with van der Waals surface area (Å²) in [6, 6.07) is 23.3. The van der Waals surface area contributed by atoms with E-state index in [1.165, 1.54) is 11.8 Å². The number of hydrogen-bond acceptors (Lipinski definition) is 8. The minimum Gasteiger partial charge on any atom is -0.497 e. The van der Waals surface area contributed by atoms with Gasteiger partial charge in [0, 0.05) is 29.5 Å². The van der Waals surface area contributed by atoms with Gasteiger partial charge in [0.15, 0.2) is 11.0 Å². The van der Waals surface area contributed by atoms with Gasteiger partial charge in [-0.05, 0) is 36.4 Å². The van der Waals surface area contributed by atoms with E-state index in [1.807, 2.05) is 77.4 Å². The molecule has 0 fully saturated rings. The van der Waals surface area contributed by atoms with Gasteiger partial charge in [0.2, 0.25) is 5.91 Å². The van der Waals surface area contributed by atoms with Crippen molar-refractivity contribution in [1.82, 2.24) is 14.8 Å². The first-order chi connectivity index (χ1) is 18.2. The fourth-order valence-electron chi connectivity index (χ4n) is 3.94. The minimum absolute atomic E-state index is 0.0272.